The van der Waals surface area contributed by atoms with Crippen molar-refractivity contribution in [2.75, 3.05) is 12.1 Å². The topological polar surface area (TPSA) is 15.3 Å². The summed E-state index contributed by atoms with van der Waals surface area (Å²) in [4.78, 5) is 0. The molecule has 1 atom stereocenters. The highest BCUT2D eigenvalue weighted by Gasteiger charge is 2.19. The normalized spacial score (nSPS) is 18.5. The van der Waals surface area contributed by atoms with Gasteiger partial charge < -0.3 is 5.01 Å². The number of fused-ring (bicyclic) bond motifs is 1. The highest BCUT2D eigenvalue weighted by atomic mass is 35.5. The van der Waals surface area contributed by atoms with E-state index in [-0.39, 0.29) is 11.3 Å². The van der Waals surface area contributed by atoms with Crippen molar-refractivity contribution in [3.05, 3.63) is 71.6 Å². The number of anilines is 1. The summed E-state index contributed by atoms with van der Waals surface area (Å²) >= 11 is 6.26. The molecule has 108 valence electrons. The molecule has 0 spiro atoms. The van der Waals surface area contributed by atoms with Crippen LogP contribution < -0.4 is 10.4 Å². The highest BCUT2D eigenvalue weighted by Crippen LogP contribution is 2.34. The molecule has 0 radical (unpaired) electrons. The Balaban J connectivity index is 2.20. The van der Waals surface area contributed by atoms with Crippen molar-refractivity contribution in [2.24, 2.45) is 0 Å². The van der Waals surface area contributed by atoms with E-state index in [1.807, 2.05) is 48.5 Å². The van der Waals surface area contributed by atoms with Crippen LogP contribution in [0.2, 0.25) is 0 Å². The van der Waals surface area contributed by atoms with E-state index in [1.54, 1.807) is 12.1 Å². The first kappa shape index (κ1) is 14.1. The van der Waals surface area contributed by atoms with Gasteiger partial charge in [-0.1, -0.05) is 42.5 Å². The third-order valence-electron chi connectivity index (χ3n) is 3.58. The van der Waals surface area contributed by atoms with Crippen LogP contribution in [0.25, 0.3) is 5.57 Å². The van der Waals surface area contributed by atoms with Crippen molar-refractivity contribution >= 4 is 22.9 Å². The molecule has 1 heterocycles. The van der Waals surface area contributed by atoms with Crippen LogP contribution in [0.4, 0.5) is 10.1 Å². The minimum Gasteiger partial charge on any atom is -0.309 e. The number of nitrogens with zero attached hydrogens (tertiary/aromatic N) is 1. The van der Waals surface area contributed by atoms with Gasteiger partial charge in [0.05, 0.1) is 5.69 Å². The third kappa shape index (κ3) is 2.80. The minimum absolute atomic E-state index is 0.221. The lowest BCUT2D eigenvalue weighted by Gasteiger charge is -2.29. The van der Waals surface area contributed by atoms with Gasteiger partial charge in [-0.2, -0.15) is 0 Å². The van der Waals surface area contributed by atoms with E-state index < -0.39 is 0 Å². The zero-order valence-corrected chi connectivity index (χ0v) is 12.4. The van der Waals surface area contributed by atoms with Crippen LogP contribution in [0.1, 0.15) is 17.5 Å². The smallest absolute Gasteiger partial charge is 0.131 e. The van der Waals surface area contributed by atoms with Crippen LogP contribution in [0.5, 0.6) is 0 Å². The number of rotatable bonds is 1. The predicted molar refractivity (Wildman–Crippen MR) is 85.7 cm³/mol. The van der Waals surface area contributed by atoms with Crippen molar-refractivity contribution in [1.29, 1.82) is 0 Å². The first-order valence-corrected chi connectivity index (χ1v) is 7.29. The van der Waals surface area contributed by atoms with Crippen molar-refractivity contribution < 1.29 is 4.39 Å². The maximum atomic E-state index is 14.2. The Morgan fingerprint density at radius 2 is 1.76 bits per heavy atom. The molecule has 4 heteroatoms. The van der Waals surface area contributed by atoms with E-state index in [1.165, 1.54) is 6.07 Å². The fraction of sp³-hybridized carbons (Fsp3) is 0.176. The molecule has 3 rings (SSSR count). The molecule has 21 heavy (non-hydrogen) atoms. The molecule has 0 fully saturated rings. The first-order chi connectivity index (χ1) is 10.2. The minimum atomic E-state index is -0.231. The lowest BCUT2D eigenvalue weighted by atomic mass is 9.94. The fourth-order valence-electron chi connectivity index (χ4n) is 2.59. The van der Waals surface area contributed by atoms with Crippen molar-refractivity contribution in [3.8, 4) is 0 Å². The SMILES string of the molecule is CN1NC(Cl)CC=C(c2ccccc2F)c2ccccc21. The fourth-order valence-corrected chi connectivity index (χ4v) is 2.83. The highest BCUT2D eigenvalue weighted by molar-refractivity contribution is 6.20. The molecule has 0 amide bonds. The largest absolute Gasteiger partial charge is 0.309 e. The summed E-state index contributed by atoms with van der Waals surface area (Å²) < 4.78 is 14.2. The summed E-state index contributed by atoms with van der Waals surface area (Å²) in [6.07, 6.45) is 2.61. The van der Waals surface area contributed by atoms with Gasteiger partial charge in [0.15, 0.2) is 0 Å². The zero-order chi connectivity index (χ0) is 14.8. The number of benzene rings is 2. The number of nitrogens with one attached hydrogen (secondary N) is 1. The molecule has 1 aliphatic heterocycles. The molecular weight excluding hydrogens is 287 g/mol. The Bertz CT molecular complexity index is 684. The average molecular weight is 303 g/mol. The number of para-hydroxylation sites is 1. The summed E-state index contributed by atoms with van der Waals surface area (Å²) in [5.41, 5.74) is 6.39. The van der Waals surface area contributed by atoms with E-state index in [0.29, 0.717) is 12.0 Å². The number of hydrogen-bond acceptors (Lipinski definition) is 2. The molecule has 0 saturated carbocycles. The van der Waals surface area contributed by atoms with Crippen LogP contribution in [0, 0.1) is 5.82 Å². The van der Waals surface area contributed by atoms with E-state index in [4.69, 9.17) is 11.6 Å². The molecular formula is C17H16ClFN2. The molecule has 1 aliphatic rings. The summed E-state index contributed by atoms with van der Waals surface area (Å²) in [6, 6.07) is 14.7. The molecule has 1 unspecified atom stereocenters. The Morgan fingerprint density at radius 3 is 2.52 bits per heavy atom. The number of hydrogen-bond donors (Lipinski definition) is 1. The molecule has 2 aromatic rings. The molecule has 2 nitrogen and oxygen atoms in total. The predicted octanol–water partition coefficient (Wildman–Crippen LogP) is 4.17. The van der Waals surface area contributed by atoms with E-state index in [9.17, 15) is 4.39 Å². The molecule has 2 aromatic carbocycles. The summed E-state index contributed by atoms with van der Waals surface area (Å²) in [5, 5.41) is 1.89. The Labute approximate surface area is 128 Å². The van der Waals surface area contributed by atoms with Gasteiger partial charge in [-0.3, -0.25) is 0 Å². The average Bonchev–Trinajstić information content (AvgIpc) is 2.48. The first-order valence-electron chi connectivity index (χ1n) is 6.85. The monoisotopic (exact) mass is 302 g/mol. The Kier molecular flexibility index (Phi) is 3.95. The molecule has 0 aliphatic carbocycles. The van der Waals surface area contributed by atoms with E-state index in [0.717, 1.165) is 16.8 Å². The van der Waals surface area contributed by atoms with Crippen LogP contribution >= 0.6 is 11.6 Å². The van der Waals surface area contributed by atoms with Gasteiger partial charge in [0.25, 0.3) is 0 Å². The maximum Gasteiger partial charge on any atom is 0.131 e. The van der Waals surface area contributed by atoms with Crippen molar-refractivity contribution in [1.82, 2.24) is 5.43 Å². The van der Waals surface area contributed by atoms with E-state index in [2.05, 4.69) is 5.43 Å². The Morgan fingerprint density at radius 1 is 1.10 bits per heavy atom. The van der Waals surface area contributed by atoms with Gasteiger partial charge >= 0.3 is 0 Å². The van der Waals surface area contributed by atoms with Gasteiger partial charge in [0.2, 0.25) is 0 Å². The summed E-state index contributed by atoms with van der Waals surface area (Å²) in [7, 11) is 1.92. The molecule has 0 saturated heterocycles. The standard InChI is InChI=1S/C17H16ClFN2/c1-21-16-9-5-3-7-14(16)12(10-11-17(18)20-21)13-6-2-4-8-15(13)19/h2-10,17,20H,11H2,1H3. The summed E-state index contributed by atoms with van der Waals surface area (Å²) in [6.45, 7) is 0. The van der Waals surface area contributed by atoms with Gasteiger partial charge in [-0.15, -0.1) is 11.6 Å². The molecule has 1 N–H and O–H groups in total. The third-order valence-corrected chi connectivity index (χ3v) is 3.86. The number of alkyl halides is 1. The molecule has 0 aromatic heterocycles. The second kappa shape index (κ2) is 5.88. The van der Waals surface area contributed by atoms with Crippen LogP contribution in [-0.2, 0) is 0 Å². The van der Waals surface area contributed by atoms with Gasteiger partial charge in [0, 0.05) is 18.2 Å². The maximum absolute atomic E-state index is 14.2. The molecule has 0 bridgehead atoms. The van der Waals surface area contributed by atoms with Crippen LogP contribution in [-0.4, -0.2) is 12.5 Å². The van der Waals surface area contributed by atoms with E-state index >= 15 is 0 Å². The second-order valence-corrected chi connectivity index (χ2v) is 5.53. The van der Waals surface area contributed by atoms with Crippen LogP contribution in [0.15, 0.2) is 54.6 Å². The van der Waals surface area contributed by atoms with Gasteiger partial charge in [-0.25, -0.2) is 9.82 Å². The lowest BCUT2D eigenvalue weighted by Crippen LogP contribution is -2.40. The Hall–Kier alpha value is -1.84. The number of hydrazine groups is 1. The summed E-state index contributed by atoms with van der Waals surface area (Å²) in [5.74, 6) is -0.221. The zero-order valence-electron chi connectivity index (χ0n) is 11.7. The van der Waals surface area contributed by atoms with Gasteiger partial charge in [0.1, 0.15) is 11.3 Å². The van der Waals surface area contributed by atoms with Crippen LogP contribution in [0.3, 0.4) is 0 Å². The van der Waals surface area contributed by atoms with Crippen molar-refractivity contribution in [3.63, 3.8) is 0 Å². The lowest BCUT2D eigenvalue weighted by molar-refractivity contribution is 0.620. The second-order valence-electron chi connectivity index (χ2n) is 5.01. The quantitative estimate of drug-likeness (QED) is 0.628. The van der Waals surface area contributed by atoms with Gasteiger partial charge in [-0.05, 0) is 24.1 Å². The number of halogens is 2. The van der Waals surface area contributed by atoms with Crippen molar-refractivity contribution in [2.45, 2.75) is 11.9 Å².